The molecule has 0 aliphatic carbocycles. The fourth-order valence-corrected chi connectivity index (χ4v) is 2.18. The topological polar surface area (TPSA) is 43.4 Å². The molecule has 0 saturated heterocycles. The molecule has 0 aliphatic rings. The van der Waals surface area contributed by atoms with Crippen molar-refractivity contribution in [1.29, 1.82) is 0 Å². The summed E-state index contributed by atoms with van der Waals surface area (Å²) in [5.74, 6) is -0.646. The van der Waals surface area contributed by atoms with Gasteiger partial charge < -0.3 is 4.74 Å². The SMILES string of the molecule is CCOC(=O)c1ccccc1C(=O)c1ccc(I)cc1. The highest BCUT2D eigenvalue weighted by atomic mass is 127. The Hall–Kier alpha value is -1.69. The maximum atomic E-state index is 12.5. The number of ether oxygens (including phenoxy) is 1. The molecule has 2 rings (SSSR count). The van der Waals surface area contributed by atoms with Gasteiger partial charge in [0.15, 0.2) is 5.78 Å². The van der Waals surface area contributed by atoms with Gasteiger partial charge >= 0.3 is 5.97 Å². The molecule has 0 saturated carbocycles. The summed E-state index contributed by atoms with van der Waals surface area (Å²) in [6.07, 6.45) is 0. The van der Waals surface area contributed by atoms with Crippen LogP contribution in [0.5, 0.6) is 0 Å². The highest BCUT2D eigenvalue weighted by molar-refractivity contribution is 14.1. The number of benzene rings is 2. The number of carbonyl (C=O) groups is 2. The van der Waals surface area contributed by atoms with E-state index < -0.39 is 5.97 Å². The van der Waals surface area contributed by atoms with Crippen molar-refractivity contribution in [2.45, 2.75) is 6.92 Å². The van der Waals surface area contributed by atoms with Crippen molar-refractivity contribution in [3.63, 3.8) is 0 Å². The molecule has 4 heteroatoms. The molecule has 0 atom stereocenters. The third-order valence-electron chi connectivity index (χ3n) is 2.77. The third kappa shape index (κ3) is 3.25. The Morgan fingerprint density at radius 1 is 1.00 bits per heavy atom. The van der Waals surface area contributed by atoms with Gasteiger partial charge in [-0.05, 0) is 59.8 Å². The number of esters is 1. The van der Waals surface area contributed by atoms with Gasteiger partial charge in [0, 0.05) is 14.7 Å². The zero-order valence-corrected chi connectivity index (χ0v) is 13.1. The Kier molecular flexibility index (Phi) is 4.89. The molecule has 102 valence electrons. The lowest BCUT2D eigenvalue weighted by molar-refractivity contribution is 0.0523. The zero-order chi connectivity index (χ0) is 14.5. The van der Waals surface area contributed by atoms with E-state index in [1.807, 2.05) is 12.1 Å². The quantitative estimate of drug-likeness (QED) is 0.462. The first-order valence-corrected chi connectivity index (χ1v) is 7.27. The van der Waals surface area contributed by atoms with Crippen molar-refractivity contribution < 1.29 is 14.3 Å². The molecule has 0 spiro atoms. The van der Waals surface area contributed by atoms with Crippen LogP contribution in [0.1, 0.15) is 33.2 Å². The molecule has 20 heavy (non-hydrogen) atoms. The van der Waals surface area contributed by atoms with E-state index in [1.165, 1.54) is 0 Å². The molecule has 3 nitrogen and oxygen atoms in total. The predicted molar refractivity (Wildman–Crippen MR) is 85.0 cm³/mol. The second-order valence-corrected chi connectivity index (χ2v) is 5.35. The van der Waals surface area contributed by atoms with Crippen LogP contribution in [0, 0.1) is 3.57 Å². The van der Waals surface area contributed by atoms with Crippen molar-refractivity contribution in [2.75, 3.05) is 6.61 Å². The molecule has 0 heterocycles. The minimum atomic E-state index is -0.470. The van der Waals surface area contributed by atoms with Gasteiger partial charge in [-0.15, -0.1) is 0 Å². The van der Waals surface area contributed by atoms with Gasteiger partial charge in [0.1, 0.15) is 0 Å². The van der Waals surface area contributed by atoms with Gasteiger partial charge in [0.05, 0.1) is 12.2 Å². The average Bonchev–Trinajstić information content (AvgIpc) is 2.47. The van der Waals surface area contributed by atoms with Crippen molar-refractivity contribution >= 4 is 34.3 Å². The summed E-state index contributed by atoms with van der Waals surface area (Å²) in [6.45, 7) is 2.02. The number of carbonyl (C=O) groups excluding carboxylic acids is 2. The standard InChI is InChI=1S/C16H13IO3/c1-2-20-16(19)14-6-4-3-5-13(14)15(18)11-7-9-12(17)10-8-11/h3-10H,2H2,1H3. The molecule has 0 fully saturated rings. The van der Waals surface area contributed by atoms with Gasteiger partial charge in [0.2, 0.25) is 0 Å². The normalized spacial score (nSPS) is 10.1. The molecule has 0 bridgehead atoms. The maximum absolute atomic E-state index is 12.5. The Balaban J connectivity index is 2.39. The van der Waals surface area contributed by atoms with Crippen LogP contribution in [0.2, 0.25) is 0 Å². The molecular weight excluding hydrogens is 367 g/mol. The van der Waals surface area contributed by atoms with E-state index in [9.17, 15) is 9.59 Å². The van der Waals surface area contributed by atoms with E-state index in [2.05, 4.69) is 22.6 Å². The molecule has 0 unspecified atom stereocenters. The lowest BCUT2D eigenvalue weighted by Gasteiger charge is -2.08. The van der Waals surface area contributed by atoms with Crippen LogP contribution in [0.25, 0.3) is 0 Å². The summed E-state index contributed by atoms with van der Waals surface area (Å²) in [4.78, 5) is 24.4. The summed E-state index contributed by atoms with van der Waals surface area (Å²) in [5, 5.41) is 0. The number of hydrogen-bond donors (Lipinski definition) is 0. The second kappa shape index (κ2) is 6.65. The highest BCUT2D eigenvalue weighted by Gasteiger charge is 2.18. The second-order valence-electron chi connectivity index (χ2n) is 4.10. The summed E-state index contributed by atoms with van der Waals surface area (Å²) in [6, 6.07) is 13.9. The average molecular weight is 380 g/mol. The van der Waals surface area contributed by atoms with Crippen LogP contribution < -0.4 is 0 Å². The zero-order valence-electron chi connectivity index (χ0n) is 10.9. The Morgan fingerprint density at radius 2 is 1.60 bits per heavy atom. The Labute approximate surface area is 131 Å². The van der Waals surface area contributed by atoms with Gasteiger partial charge in [-0.1, -0.05) is 18.2 Å². The molecule has 0 aromatic heterocycles. The van der Waals surface area contributed by atoms with Crippen LogP contribution >= 0.6 is 22.6 Å². The lowest BCUT2D eigenvalue weighted by atomic mass is 9.98. The first kappa shape index (κ1) is 14.7. The molecule has 2 aromatic carbocycles. The minimum absolute atomic E-state index is 0.176. The lowest BCUT2D eigenvalue weighted by Crippen LogP contribution is -2.12. The number of halogens is 1. The van der Waals surface area contributed by atoms with Gasteiger partial charge in [-0.25, -0.2) is 4.79 Å². The molecule has 0 radical (unpaired) electrons. The fourth-order valence-electron chi connectivity index (χ4n) is 1.82. The monoisotopic (exact) mass is 380 g/mol. The highest BCUT2D eigenvalue weighted by Crippen LogP contribution is 2.17. The molecule has 0 amide bonds. The molecule has 0 aliphatic heterocycles. The van der Waals surface area contributed by atoms with Crippen LogP contribution in [0.4, 0.5) is 0 Å². The first-order chi connectivity index (χ1) is 9.63. The summed E-state index contributed by atoms with van der Waals surface area (Å²) in [7, 11) is 0. The third-order valence-corrected chi connectivity index (χ3v) is 3.49. The van der Waals surface area contributed by atoms with E-state index in [0.29, 0.717) is 16.7 Å². The van der Waals surface area contributed by atoms with Crippen molar-refractivity contribution in [3.8, 4) is 0 Å². The minimum Gasteiger partial charge on any atom is -0.462 e. The number of rotatable bonds is 4. The molecular formula is C16H13IO3. The van der Waals surface area contributed by atoms with Crippen LogP contribution in [0.3, 0.4) is 0 Å². The first-order valence-electron chi connectivity index (χ1n) is 6.20. The van der Waals surface area contributed by atoms with Gasteiger partial charge in [-0.3, -0.25) is 4.79 Å². The van der Waals surface area contributed by atoms with E-state index in [-0.39, 0.29) is 12.4 Å². The largest absolute Gasteiger partial charge is 0.462 e. The van der Waals surface area contributed by atoms with E-state index in [1.54, 1.807) is 43.3 Å². The van der Waals surface area contributed by atoms with Crippen LogP contribution in [-0.2, 0) is 4.74 Å². The van der Waals surface area contributed by atoms with Crippen molar-refractivity contribution in [2.24, 2.45) is 0 Å². The number of ketones is 1. The molecule has 2 aromatic rings. The van der Waals surface area contributed by atoms with Gasteiger partial charge in [0.25, 0.3) is 0 Å². The van der Waals surface area contributed by atoms with Crippen molar-refractivity contribution in [3.05, 3.63) is 68.8 Å². The van der Waals surface area contributed by atoms with Crippen LogP contribution in [-0.4, -0.2) is 18.4 Å². The predicted octanol–water partition coefficient (Wildman–Crippen LogP) is 3.70. The van der Waals surface area contributed by atoms with Crippen LogP contribution in [0.15, 0.2) is 48.5 Å². The summed E-state index contributed by atoms with van der Waals surface area (Å²) >= 11 is 2.18. The van der Waals surface area contributed by atoms with Gasteiger partial charge in [-0.2, -0.15) is 0 Å². The van der Waals surface area contributed by atoms with E-state index in [4.69, 9.17) is 4.74 Å². The summed E-state index contributed by atoms with van der Waals surface area (Å²) < 4.78 is 6.03. The van der Waals surface area contributed by atoms with Crippen molar-refractivity contribution in [1.82, 2.24) is 0 Å². The van der Waals surface area contributed by atoms with E-state index in [0.717, 1.165) is 3.57 Å². The van der Waals surface area contributed by atoms with E-state index >= 15 is 0 Å². The fraction of sp³-hybridized carbons (Fsp3) is 0.125. The Bertz CT molecular complexity index is 632. The molecule has 0 N–H and O–H groups in total. The maximum Gasteiger partial charge on any atom is 0.338 e. The Morgan fingerprint density at radius 3 is 2.20 bits per heavy atom. The number of hydrogen-bond acceptors (Lipinski definition) is 3. The summed E-state index contributed by atoms with van der Waals surface area (Å²) in [5.41, 5.74) is 1.23. The smallest absolute Gasteiger partial charge is 0.338 e.